The molecule has 1 aromatic carbocycles. The van der Waals surface area contributed by atoms with Crippen LogP contribution >= 0.6 is 0 Å². The predicted octanol–water partition coefficient (Wildman–Crippen LogP) is 2.43. The molecule has 1 atom stereocenters. The van der Waals surface area contributed by atoms with Crippen LogP contribution in [0.15, 0.2) is 52.0 Å². The maximum absolute atomic E-state index is 12.3. The first-order valence-electron chi connectivity index (χ1n) is 8.31. The van der Waals surface area contributed by atoms with Crippen molar-refractivity contribution < 1.29 is 27.2 Å². The molecular weight excluding hydrogens is 358 g/mol. The van der Waals surface area contributed by atoms with Gasteiger partial charge in [0.05, 0.1) is 23.3 Å². The molecule has 0 unspecified atom stereocenters. The minimum absolute atomic E-state index is 0.0225. The van der Waals surface area contributed by atoms with Gasteiger partial charge in [-0.2, -0.15) is 0 Å². The second-order valence-electron chi connectivity index (χ2n) is 6.03. The smallest absolute Gasteiger partial charge is 0.338 e. The molecule has 1 saturated carbocycles. The van der Waals surface area contributed by atoms with Crippen LogP contribution in [0.3, 0.4) is 0 Å². The summed E-state index contributed by atoms with van der Waals surface area (Å²) in [5, 5.41) is 0. The van der Waals surface area contributed by atoms with Gasteiger partial charge in [-0.25, -0.2) is 17.9 Å². The molecule has 2 aromatic rings. The first-order chi connectivity index (χ1) is 12.5. The second-order valence-corrected chi connectivity index (χ2v) is 7.80. The van der Waals surface area contributed by atoms with Crippen LogP contribution in [0.5, 0.6) is 0 Å². The van der Waals surface area contributed by atoms with Crippen molar-refractivity contribution in [3.8, 4) is 0 Å². The fourth-order valence-electron chi connectivity index (χ4n) is 2.71. The van der Waals surface area contributed by atoms with E-state index in [0.29, 0.717) is 18.6 Å². The largest absolute Gasteiger partial charge is 0.468 e. The third kappa shape index (κ3) is 4.39. The van der Waals surface area contributed by atoms with Crippen molar-refractivity contribution in [2.24, 2.45) is 0 Å². The van der Waals surface area contributed by atoms with Gasteiger partial charge in [0.1, 0.15) is 5.76 Å². The number of rotatable bonds is 6. The van der Waals surface area contributed by atoms with Crippen LogP contribution in [0.2, 0.25) is 0 Å². The highest BCUT2D eigenvalue weighted by molar-refractivity contribution is 7.89. The molecule has 138 valence electrons. The molecule has 0 radical (unpaired) electrons. The second kappa shape index (κ2) is 7.84. The van der Waals surface area contributed by atoms with Crippen molar-refractivity contribution in [1.82, 2.24) is 4.72 Å². The van der Waals surface area contributed by atoms with Crippen LogP contribution in [0.4, 0.5) is 0 Å². The molecule has 1 aromatic heterocycles. The highest BCUT2D eigenvalue weighted by Crippen LogP contribution is 2.19. The summed E-state index contributed by atoms with van der Waals surface area (Å²) >= 11 is 0. The number of carbonyl (C=O) groups excluding carboxylic acids is 2. The molecule has 26 heavy (non-hydrogen) atoms. The van der Waals surface area contributed by atoms with Crippen LogP contribution in [-0.4, -0.2) is 26.3 Å². The van der Waals surface area contributed by atoms with E-state index in [0.717, 1.165) is 12.8 Å². The van der Waals surface area contributed by atoms with E-state index in [9.17, 15) is 18.0 Å². The summed E-state index contributed by atoms with van der Waals surface area (Å²) in [6, 6.07) is 8.72. The number of carbonyl (C=O) groups is 2. The Labute approximate surface area is 151 Å². The van der Waals surface area contributed by atoms with E-state index in [1.54, 1.807) is 12.1 Å². The maximum Gasteiger partial charge on any atom is 0.338 e. The monoisotopic (exact) mass is 377 g/mol. The molecule has 1 N–H and O–H groups in total. The number of hydrogen-bond donors (Lipinski definition) is 1. The number of hydrogen-bond acceptors (Lipinski definition) is 6. The number of nitrogens with one attached hydrogen (secondary N) is 1. The van der Waals surface area contributed by atoms with Gasteiger partial charge in [-0.3, -0.25) is 4.79 Å². The third-order valence-corrected chi connectivity index (χ3v) is 5.58. The molecular formula is C18H19NO6S. The summed E-state index contributed by atoms with van der Waals surface area (Å²) in [6.45, 7) is 0.0307. The first kappa shape index (κ1) is 18.3. The van der Waals surface area contributed by atoms with Crippen molar-refractivity contribution in [2.45, 2.75) is 43.2 Å². The Balaban J connectivity index is 1.63. The van der Waals surface area contributed by atoms with Crippen LogP contribution in [0, 0.1) is 0 Å². The molecule has 0 bridgehead atoms. The number of sulfonamides is 1. The molecule has 8 heteroatoms. The van der Waals surface area contributed by atoms with Gasteiger partial charge in [0.25, 0.3) is 0 Å². The van der Waals surface area contributed by atoms with E-state index in [2.05, 4.69) is 4.72 Å². The highest BCUT2D eigenvalue weighted by Gasteiger charge is 2.26. The lowest BCUT2D eigenvalue weighted by Gasteiger charge is -2.20. The summed E-state index contributed by atoms with van der Waals surface area (Å²) in [7, 11) is -3.73. The summed E-state index contributed by atoms with van der Waals surface area (Å²) in [6.07, 6.45) is 3.40. The van der Waals surface area contributed by atoms with Crippen molar-refractivity contribution in [1.29, 1.82) is 0 Å². The summed E-state index contributed by atoms with van der Waals surface area (Å²) in [5.41, 5.74) is 0.202. The molecule has 1 heterocycles. The van der Waals surface area contributed by atoms with Crippen LogP contribution in [0.1, 0.15) is 41.8 Å². The van der Waals surface area contributed by atoms with E-state index >= 15 is 0 Å². The molecule has 0 spiro atoms. The molecule has 0 saturated heterocycles. The zero-order valence-electron chi connectivity index (χ0n) is 14.0. The fourth-order valence-corrected chi connectivity index (χ4v) is 3.70. The van der Waals surface area contributed by atoms with Gasteiger partial charge >= 0.3 is 5.97 Å². The SMILES string of the molecule is O=C(O[C@@H]1CCCCC1=O)c1ccc(S(=O)(=O)NCc2ccco2)cc1. The normalized spacial score (nSPS) is 17.8. The highest BCUT2D eigenvalue weighted by atomic mass is 32.2. The first-order valence-corrected chi connectivity index (χ1v) is 9.80. The van der Waals surface area contributed by atoms with Gasteiger partial charge in [-0.1, -0.05) is 0 Å². The van der Waals surface area contributed by atoms with E-state index in [1.165, 1.54) is 30.5 Å². The lowest BCUT2D eigenvalue weighted by molar-refractivity contribution is -0.129. The zero-order chi connectivity index (χ0) is 18.6. The van der Waals surface area contributed by atoms with Crippen molar-refractivity contribution in [2.75, 3.05) is 0 Å². The molecule has 1 fully saturated rings. The van der Waals surface area contributed by atoms with Crippen molar-refractivity contribution in [3.63, 3.8) is 0 Å². The van der Waals surface area contributed by atoms with Gasteiger partial charge in [0.15, 0.2) is 11.9 Å². The average molecular weight is 377 g/mol. The van der Waals surface area contributed by atoms with Crippen LogP contribution in [-0.2, 0) is 26.1 Å². The van der Waals surface area contributed by atoms with E-state index < -0.39 is 22.1 Å². The number of furan rings is 1. The Hall–Kier alpha value is -2.45. The van der Waals surface area contributed by atoms with Crippen molar-refractivity contribution >= 4 is 21.8 Å². The Morgan fingerprint density at radius 2 is 1.96 bits per heavy atom. The maximum atomic E-state index is 12.3. The Bertz CT molecular complexity index is 871. The van der Waals surface area contributed by atoms with E-state index in [4.69, 9.17) is 9.15 Å². The van der Waals surface area contributed by atoms with Gasteiger partial charge < -0.3 is 9.15 Å². The number of esters is 1. The lowest BCUT2D eigenvalue weighted by Crippen LogP contribution is -2.30. The molecule has 1 aliphatic carbocycles. The van der Waals surface area contributed by atoms with Gasteiger partial charge in [0.2, 0.25) is 10.0 Å². The van der Waals surface area contributed by atoms with Gasteiger partial charge in [-0.05, 0) is 55.7 Å². The summed E-state index contributed by atoms with van der Waals surface area (Å²) in [5.74, 6) is -0.199. The lowest BCUT2D eigenvalue weighted by atomic mass is 9.96. The Kier molecular flexibility index (Phi) is 5.53. The zero-order valence-corrected chi connectivity index (χ0v) is 14.8. The Morgan fingerprint density at radius 1 is 1.19 bits per heavy atom. The van der Waals surface area contributed by atoms with Gasteiger partial charge in [0, 0.05) is 6.42 Å². The number of benzene rings is 1. The molecule has 0 aliphatic heterocycles. The molecule has 7 nitrogen and oxygen atoms in total. The molecule has 1 aliphatic rings. The quantitative estimate of drug-likeness (QED) is 0.776. The summed E-state index contributed by atoms with van der Waals surface area (Å²) in [4.78, 5) is 23.9. The topological polar surface area (TPSA) is 103 Å². The average Bonchev–Trinajstić information content (AvgIpc) is 3.16. The predicted molar refractivity (Wildman–Crippen MR) is 91.9 cm³/mol. The fraction of sp³-hybridized carbons (Fsp3) is 0.333. The van der Waals surface area contributed by atoms with E-state index in [-0.39, 0.29) is 22.8 Å². The van der Waals surface area contributed by atoms with Gasteiger partial charge in [-0.15, -0.1) is 0 Å². The number of ether oxygens (including phenoxy) is 1. The Morgan fingerprint density at radius 3 is 2.62 bits per heavy atom. The third-order valence-electron chi connectivity index (χ3n) is 4.16. The minimum Gasteiger partial charge on any atom is -0.468 e. The van der Waals surface area contributed by atoms with Crippen LogP contribution < -0.4 is 4.72 Å². The molecule has 3 rings (SSSR count). The van der Waals surface area contributed by atoms with Crippen molar-refractivity contribution in [3.05, 3.63) is 54.0 Å². The standard InChI is InChI=1S/C18H19NO6S/c20-16-5-1-2-6-17(16)25-18(21)13-7-9-15(10-8-13)26(22,23)19-12-14-4-3-11-24-14/h3-4,7-11,17,19H,1-2,5-6,12H2/t17-/m1/s1. The summed E-state index contributed by atoms with van der Waals surface area (Å²) < 4.78 is 37.3. The number of Topliss-reactive ketones (excluding diaryl/α,β-unsaturated/α-hetero) is 1. The van der Waals surface area contributed by atoms with E-state index in [1.807, 2.05) is 0 Å². The number of ketones is 1. The minimum atomic E-state index is -3.73. The molecule has 0 amide bonds. The van der Waals surface area contributed by atoms with Crippen LogP contribution in [0.25, 0.3) is 0 Å².